The van der Waals surface area contributed by atoms with Gasteiger partial charge in [0.15, 0.2) is 0 Å². The van der Waals surface area contributed by atoms with E-state index in [4.69, 9.17) is 10.5 Å². The molecule has 4 N–H and O–H groups in total. The predicted molar refractivity (Wildman–Crippen MR) is 76.7 cm³/mol. The van der Waals surface area contributed by atoms with Crippen LogP contribution in [0, 0.1) is 0 Å². The molecule has 1 aromatic heterocycles. The standard InChI is InChI=1S/C14H16N4O2/c15-13-9-12(17-18-13)7-4-8-16-14(19)20-10-11-5-2-1-3-6-11/h1-7,9H,8,10H2,(H,16,19)(H3,15,17,18). The van der Waals surface area contributed by atoms with Crippen LogP contribution in [0.15, 0.2) is 42.5 Å². The number of ether oxygens (including phenoxy) is 1. The van der Waals surface area contributed by atoms with Crippen molar-refractivity contribution in [1.82, 2.24) is 15.5 Å². The number of anilines is 1. The number of benzene rings is 1. The van der Waals surface area contributed by atoms with Crippen molar-refractivity contribution in [3.63, 3.8) is 0 Å². The van der Waals surface area contributed by atoms with Gasteiger partial charge in [-0.1, -0.05) is 36.4 Å². The molecule has 0 aliphatic carbocycles. The van der Waals surface area contributed by atoms with Gasteiger partial charge in [0.25, 0.3) is 0 Å². The minimum atomic E-state index is -0.456. The van der Waals surface area contributed by atoms with Crippen molar-refractivity contribution in [2.45, 2.75) is 6.61 Å². The quantitative estimate of drug-likeness (QED) is 0.775. The number of rotatable bonds is 5. The summed E-state index contributed by atoms with van der Waals surface area (Å²) in [6, 6.07) is 11.2. The molecular formula is C14H16N4O2. The average Bonchev–Trinajstić information content (AvgIpc) is 2.88. The fraction of sp³-hybridized carbons (Fsp3) is 0.143. The van der Waals surface area contributed by atoms with E-state index in [1.165, 1.54) is 0 Å². The number of nitrogens with zero attached hydrogens (tertiary/aromatic N) is 1. The number of alkyl carbamates (subject to hydrolysis) is 1. The number of hydrogen-bond donors (Lipinski definition) is 3. The Hall–Kier alpha value is -2.76. The summed E-state index contributed by atoms with van der Waals surface area (Å²) >= 11 is 0. The molecule has 0 aliphatic rings. The molecule has 0 fully saturated rings. The third kappa shape index (κ3) is 4.49. The highest BCUT2D eigenvalue weighted by Gasteiger charge is 2.00. The number of aromatic nitrogens is 2. The summed E-state index contributed by atoms with van der Waals surface area (Å²) in [7, 11) is 0. The highest BCUT2D eigenvalue weighted by atomic mass is 16.5. The van der Waals surface area contributed by atoms with Crippen molar-refractivity contribution in [2.75, 3.05) is 12.3 Å². The van der Waals surface area contributed by atoms with Crippen LogP contribution in [0.25, 0.3) is 6.08 Å². The first-order chi connectivity index (χ1) is 9.74. The van der Waals surface area contributed by atoms with Crippen LogP contribution < -0.4 is 11.1 Å². The lowest BCUT2D eigenvalue weighted by Gasteiger charge is -2.04. The zero-order chi connectivity index (χ0) is 14.2. The number of nitrogen functional groups attached to an aromatic ring is 1. The van der Waals surface area contributed by atoms with Gasteiger partial charge in [-0.15, -0.1) is 0 Å². The summed E-state index contributed by atoms with van der Waals surface area (Å²) in [6.45, 7) is 0.625. The smallest absolute Gasteiger partial charge is 0.407 e. The molecule has 104 valence electrons. The van der Waals surface area contributed by atoms with Gasteiger partial charge in [-0.05, 0) is 11.6 Å². The van der Waals surface area contributed by atoms with Crippen LogP contribution >= 0.6 is 0 Å². The summed E-state index contributed by atoms with van der Waals surface area (Å²) in [4.78, 5) is 11.4. The molecule has 0 spiro atoms. The number of nitrogens with one attached hydrogen (secondary N) is 2. The van der Waals surface area contributed by atoms with Crippen LogP contribution in [-0.4, -0.2) is 22.8 Å². The maximum absolute atomic E-state index is 11.4. The van der Waals surface area contributed by atoms with Crippen molar-refractivity contribution in [2.24, 2.45) is 0 Å². The third-order valence-electron chi connectivity index (χ3n) is 2.49. The maximum atomic E-state index is 11.4. The second kappa shape index (κ2) is 6.98. The molecule has 6 heteroatoms. The van der Waals surface area contributed by atoms with Gasteiger partial charge in [0.2, 0.25) is 0 Å². The minimum Gasteiger partial charge on any atom is -0.445 e. The molecule has 0 saturated carbocycles. The Labute approximate surface area is 116 Å². The van der Waals surface area contributed by atoms with Crippen LogP contribution in [0.2, 0.25) is 0 Å². The van der Waals surface area contributed by atoms with E-state index in [0.717, 1.165) is 11.3 Å². The number of carbonyl (C=O) groups excluding carboxylic acids is 1. The van der Waals surface area contributed by atoms with E-state index >= 15 is 0 Å². The van der Waals surface area contributed by atoms with E-state index in [0.29, 0.717) is 12.4 Å². The molecule has 1 amide bonds. The van der Waals surface area contributed by atoms with Crippen molar-refractivity contribution in [3.05, 3.63) is 53.7 Å². The minimum absolute atomic E-state index is 0.257. The van der Waals surface area contributed by atoms with Crippen molar-refractivity contribution in [1.29, 1.82) is 0 Å². The number of H-pyrrole nitrogens is 1. The topological polar surface area (TPSA) is 93.0 Å². The van der Waals surface area contributed by atoms with Crippen LogP contribution in [0.5, 0.6) is 0 Å². The predicted octanol–water partition coefficient (Wildman–Crippen LogP) is 1.93. The first kappa shape index (κ1) is 13.7. The van der Waals surface area contributed by atoms with E-state index in [-0.39, 0.29) is 6.61 Å². The zero-order valence-corrected chi connectivity index (χ0v) is 10.9. The van der Waals surface area contributed by atoms with Crippen LogP contribution in [0.3, 0.4) is 0 Å². The highest BCUT2D eigenvalue weighted by Crippen LogP contribution is 2.02. The summed E-state index contributed by atoms with van der Waals surface area (Å²) in [5.74, 6) is 0.430. The van der Waals surface area contributed by atoms with E-state index in [1.54, 1.807) is 18.2 Å². The Morgan fingerprint density at radius 1 is 1.40 bits per heavy atom. The van der Waals surface area contributed by atoms with Crippen molar-refractivity contribution in [3.8, 4) is 0 Å². The summed E-state index contributed by atoms with van der Waals surface area (Å²) in [5.41, 5.74) is 7.19. The number of amides is 1. The average molecular weight is 272 g/mol. The van der Waals surface area contributed by atoms with Crippen LogP contribution in [0.1, 0.15) is 11.3 Å². The summed E-state index contributed by atoms with van der Waals surface area (Å²) in [6.07, 6.45) is 3.10. The van der Waals surface area contributed by atoms with Gasteiger partial charge in [-0.25, -0.2) is 4.79 Å². The lowest BCUT2D eigenvalue weighted by atomic mass is 10.2. The van der Waals surface area contributed by atoms with Gasteiger partial charge in [0.05, 0.1) is 5.69 Å². The lowest BCUT2D eigenvalue weighted by Crippen LogP contribution is -2.24. The Balaban J connectivity index is 1.66. The van der Waals surface area contributed by atoms with Crippen molar-refractivity contribution < 1.29 is 9.53 Å². The van der Waals surface area contributed by atoms with Gasteiger partial charge < -0.3 is 15.8 Å². The second-order valence-corrected chi connectivity index (χ2v) is 4.09. The fourth-order valence-corrected chi connectivity index (χ4v) is 1.54. The molecule has 0 atom stereocenters. The maximum Gasteiger partial charge on any atom is 0.407 e. The van der Waals surface area contributed by atoms with E-state index < -0.39 is 6.09 Å². The number of aromatic amines is 1. The molecule has 0 aliphatic heterocycles. The Morgan fingerprint density at radius 2 is 2.20 bits per heavy atom. The normalized spacial score (nSPS) is 10.6. The molecule has 0 unspecified atom stereocenters. The monoisotopic (exact) mass is 272 g/mol. The Bertz CT molecular complexity index is 578. The SMILES string of the molecule is Nc1cc(C=CCNC(=O)OCc2ccccc2)[nH]n1. The molecule has 20 heavy (non-hydrogen) atoms. The molecule has 2 rings (SSSR count). The molecule has 0 radical (unpaired) electrons. The number of hydrogen-bond acceptors (Lipinski definition) is 4. The van der Waals surface area contributed by atoms with Gasteiger partial charge in [0, 0.05) is 12.6 Å². The van der Waals surface area contributed by atoms with E-state index in [2.05, 4.69) is 15.5 Å². The van der Waals surface area contributed by atoms with Crippen LogP contribution in [0.4, 0.5) is 10.6 Å². The summed E-state index contributed by atoms with van der Waals surface area (Å²) < 4.78 is 5.06. The molecule has 0 bridgehead atoms. The van der Waals surface area contributed by atoms with Gasteiger partial charge in [-0.2, -0.15) is 5.10 Å². The molecule has 1 aromatic carbocycles. The van der Waals surface area contributed by atoms with Gasteiger partial charge >= 0.3 is 6.09 Å². The van der Waals surface area contributed by atoms with Gasteiger partial charge in [-0.3, -0.25) is 5.10 Å². The lowest BCUT2D eigenvalue weighted by molar-refractivity contribution is 0.141. The Morgan fingerprint density at radius 3 is 2.90 bits per heavy atom. The zero-order valence-electron chi connectivity index (χ0n) is 10.9. The van der Waals surface area contributed by atoms with Crippen LogP contribution in [-0.2, 0) is 11.3 Å². The first-order valence-electron chi connectivity index (χ1n) is 6.16. The van der Waals surface area contributed by atoms with E-state index in [1.807, 2.05) is 30.3 Å². The second-order valence-electron chi connectivity index (χ2n) is 4.09. The molecular weight excluding hydrogens is 256 g/mol. The van der Waals surface area contributed by atoms with Crippen molar-refractivity contribution >= 4 is 18.0 Å². The fourth-order valence-electron chi connectivity index (χ4n) is 1.54. The molecule has 0 saturated heterocycles. The number of carbonyl (C=O) groups is 1. The largest absolute Gasteiger partial charge is 0.445 e. The molecule has 2 aromatic rings. The highest BCUT2D eigenvalue weighted by molar-refractivity contribution is 5.67. The third-order valence-corrected chi connectivity index (χ3v) is 2.49. The van der Waals surface area contributed by atoms with E-state index in [9.17, 15) is 4.79 Å². The molecule has 1 heterocycles. The molecule has 6 nitrogen and oxygen atoms in total. The van der Waals surface area contributed by atoms with Gasteiger partial charge in [0.1, 0.15) is 12.4 Å². The summed E-state index contributed by atoms with van der Waals surface area (Å²) in [5, 5.41) is 9.13. The number of nitrogens with two attached hydrogens (primary N) is 1. The Kier molecular flexibility index (Phi) is 4.77. The first-order valence-corrected chi connectivity index (χ1v) is 6.16.